The second-order valence-corrected chi connectivity index (χ2v) is 11.8. The third kappa shape index (κ3) is 4.20. The van der Waals surface area contributed by atoms with E-state index in [0.29, 0.717) is 17.9 Å². The summed E-state index contributed by atoms with van der Waals surface area (Å²) in [5.74, 6) is -0.376. The predicted octanol–water partition coefficient (Wildman–Crippen LogP) is -3.20. The standard InChI is InChI=1S/C25H32B5N3O5/c26-23(27)21(35)31-22(36)24(28,25(23,29)30)33-13-18-17(20(33)34)2-1-3-19(18)38-14-16-6-4-15(5-7-16)12-32-8-10-37-11-9-32/h1-7H,8-14,26-30H2,(H,31,35,36). The van der Waals surface area contributed by atoms with Crippen molar-refractivity contribution in [2.75, 3.05) is 26.3 Å². The molecule has 1 atom stereocenters. The Hall–Kier alpha value is -2.91. The summed E-state index contributed by atoms with van der Waals surface area (Å²) in [5.41, 5.74) is 2.35. The highest BCUT2D eigenvalue weighted by Crippen LogP contribution is 2.55. The minimum Gasteiger partial charge on any atom is -0.489 e. The van der Waals surface area contributed by atoms with E-state index < -0.39 is 21.8 Å². The summed E-state index contributed by atoms with van der Waals surface area (Å²) in [6.45, 7) is 4.97. The fraction of sp³-hybridized carbons (Fsp3) is 0.400. The van der Waals surface area contributed by atoms with Gasteiger partial charge < -0.3 is 14.4 Å². The van der Waals surface area contributed by atoms with E-state index in [-0.39, 0.29) is 18.4 Å². The van der Waals surface area contributed by atoms with Crippen LogP contribution in [-0.4, -0.2) is 98.5 Å². The first-order valence-electron chi connectivity index (χ1n) is 13.3. The Morgan fingerprint density at radius 2 is 1.55 bits per heavy atom. The largest absolute Gasteiger partial charge is 0.489 e. The Bertz CT molecular complexity index is 1280. The summed E-state index contributed by atoms with van der Waals surface area (Å²) < 4.78 is 11.6. The number of ether oxygens (including phenoxy) is 2. The highest BCUT2D eigenvalue weighted by Gasteiger charge is 2.64. The number of imide groups is 1. The molecule has 2 aromatic rings. The molecule has 3 amide bonds. The fourth-order valence-corrected chi connectivity index (χ4v) is 5.74. The third-order valence-corrected chi connectivity index (χ3v) is 9.41. The van der Waals surface area contributed by atoms with Gasteiger partial charge in [0, 0.05) is 30.8 Å². The van der Waals surface area contributed by atoms with E-state index in [2.05, 4.69) is 34.5 Å². The minimum atomic E-state index is -1.23. The van der Waals surface area contributed by atoms with E-state index in [1.807, 2.05) is 43.5 Å². The van der Waals surface area contributed by atoms with Crippen molar-refractivity contribution < 1.29 is 23.9 Å². The number of nitrogens with one attached hydrogen (secondary N) is 1. The zero-order valence-electron chi connectivity index (χ0n) is 22.9. The molecule has 3 heterocycles. The Morgan fingerprint density at radius 1 is 0.895 bits per heavy atom. The molecule has 38 heavy (non-hydrogen) atoms. The first-order chi connectivity index (χ1) is 18.0. The monoisotopic (exact) mass is 509 g/mol. The van der Waals surface area contributed by atoms with Gasteiger partial charge in [-0.3, -0.25) is 24.6 Å². The molecule has 2 saturated heterocycles. The number of rotatable bonds is 6. The molecule has 0 saturated carbocycles. The maximum Gasteiger partial charge on any atom is 0.254 e. The Morgan fingerprint density at radius 3 is 2.24 bits per heavy atom. The first-order valence-corrected chi connectivity index (χ1v) is 13.3. The summed E-state index contributed by atoms with van der Waals surface area (Å²) in [4.78, 5) is 43.6. The van der Waals surface area contributed by atoms with E-state index in [9.17, 15) is 14.4 Å². The van der Waals surface area contributed by atoms with Gasteiger partial charge in [-0.05, 0) is 28.5 Å². The molecule has 1 N–H and O–H groups in total. The fourth-order valence-electron chi connectivity index (χ4n) is 5.74. The SMILES string of the molecule is BC1(B)C(=O)NC(=O)C(B)(N2Cc3c(OCc4ccc(CN5CCOCC5)cc4)cccc3C2=O)C1(B)B. The van der Waals surface area contributed by atoms with Gasteiger partial charge in [0.15, 0.2) is 0 Å². The predicted molar refractivity (Wildman–Crippen MR) is 157 cm³/mol. The van der Waals surface area contributed by atoms with Gasteiger partial charge in [-0.15, -0.1) is 0 Å². The highest BCUT2D eigenvalue weighted by molar-refractivity contribution is 6.66. The molecule has 5 rings (SSSR count). The number of hydrogen-bond donors (Lipinski definition) is 1. The van der Waals surface area contributed by atoms with Gasteiger partial charge in [-0.1, -0.05) is 35.5 Å². The second kappa shape index (κ2) is 9.68. The molecule has 2 fully saturated rings. The van der Waals surface area contributed by atoms with Crippen molar-refractivity contribution in [1.29, 1.82) is 0 Å². The van der Waals surface area contributed by atoms with Crippen LogP contribution in [0.15, 0.2) is 42.5 Å². The number of fused-ring (bicyclic) bond motifs is 1. The number of hydrogen-bond acceptors (Lipinski definition) is 6. The molecule has 3 aliphatic heterocycles. The van der Waals surface area contributed by atoms with Crippen LogP contribution < -0.4 is 10.1 Å². The van der Waals surface area contributed by atoms with Gasteiger partial charge in [0.05, 0.1) is 25.2 Å². The molecule has 13 heteroatoms. The summed E-state index contributed by atoms with van der Waals surface area (Å²) >= 11 is 0. The summed E-state index contributed by atoms with van der Waals surface area (Å²) in [5, 5.41) is 0.838. The number of carbonyl (C=O) groups excluding carboxylic acids is 3. The van der Waals surface area contributed by atoms with E-state index >= 15 is 0 Å². The zero-order chi connectivity index (χ0) is 27.3. The van der Waals surface area contributed by atoms with Gasteiger partial charge >= 0.3 is 0 Å². The van der Waals surface area contributed by atoms with Crippen LogP contribution in [-0.2, 0) is 34.0 Å². The Labute approximate surface area is 228 Å². The number of morpholine rings is 1. The van der Waals surface area contributed by atoms with Gasteiger partial charge in [0.25, 0.3) is 5.91 Å². The molecule has 0 bridgehead atoms. The van der Waals surface area contributed by atoms with Crippen molar-refractivity contribution in [2.24, 2.45) is 0 Å². The lowest BCUT2D eigenvalue weighted by atomic mass is 9.21. The minimum absolute atomic E-state index is 0.228. The molecular formula is C25H32B5N3O5. The normalized spacial score (nSPS) is 24.6. The average molecular weight is 509 g/mol. The smallest absolute Gasteiger partial charge is 0.254 e. The van der Waals surface area contributed by atoms with Gasteiger partial charge in [0.2, 0.25) is 11.8 Å². The lowest BCUT2D eigenvalue weighted by Gasteiger charge is -2.59. The molecule has 0 aliphatic carbocycles. The topological polar surface area (TPSA) is 88.2 Å². The molecular weight excluding hydrogens is 476 g/mol. The first kappa shape index (κ1) is 26.7. The molecule has 0 spiro atoms. The van der Waals surface area contributed by atoms with Crippen LogP contribution >= 0.6 is 0 Å². The number of piperidine rings is 1. The van der Waals surface area contributed by atoms with Gasteiger partial charge in [-0.25, -0.2) is 0 Å². The van der Waals surface area contributed by atoms with Crippen molar-refractivity contribution in [3.8, 4) is 5.75 Å². The summed E-state index contributed by atoms with van der Waals surface area (Å²) in [6, 6.07) is 13.9. The van der Waals surface area contributed by atoms with E-state index in [1.54, 1.807) is 18.8 Å². The van der Waals surface area contributed by atoms with Crippen LogP contribution in [0.2, 0.25) is 10.4 Å². The molecule has 2 aromatic carbocycles. The lowest BCUT2D eigenvalue weighted by Crippen LogP contribution is -2.75. The Kier molecular flexibility index (Phi) is 6.80. The average Bonchev–Trinajstić information content (AvgIpc) is 3.24. The Balaban J connectivity index is 1.32. The number of nitrogens with zero attached hydrogens (tertiary/aromatic N) is 2. The second-order valence-electron chi connectivity index (χ2n) is 11.8. The van der Waals surface area contributed by atoms with E-state index in [1.165, 1.54) is 5.56 Å². The maximum absolute atomic E-state index is 13.6. The van der Waals surface area contributed by atoms with Crippen LogP contribution in [0.3, 0.4) is 0 Å². The molecule has 0 radical (unpaired) electrons. The van der Waals surface area contributed by atoms with Crippen molar-refractivity contribution in [2.45, 2.75) is 35.6 Å². The van der Waals surface area contributed by atoms with E-state index in [0.717, 1.165) is 44.0 Å². The van der Waals surface area contributed by atoms with Crippen molar-refractivity contribution in [3.63, 3.8) is 0 Å². The van der Waals surface area contributed by atoms with Crippen molar-refractivity contribution in [3.05, 3.63) is 64.7 Å². The van der Waals surface area contributed by atoms with Crippen LogP contribution in [0.25, 0.3) is 0 Å². The number of carbonyl (C=O) groups is 3. The van der Waals surface area contributed by atoms with Crippen molar-refractivity contribution >= 4 is 57.0 Å². The van der Waals surface area contributed by atoms with Gasteiger partial charge in [-0.2, -0.15) is 0 Å². The van der Waals surface area contributed by atoms with E-state index in [4.69, 9.17) is 9.47 Å². The van der Waals surface area contributed by atoms with Crippen LogP contribution in [0.5, 0.6) is 5.75 Å². The van der Waals surface area contributed by atoms with Crippen LogP contribution in [0, 0.1) is 0 Å². The quantitative estimate of drug-likeness (QED) is 0.327. The molecule has 8 nitrogen and oxygen atoms in total. The van der Waals surface area contributed by atoms with Gasteiger partial charge in [0.1, 0.15) is 51.6 Å². The molecule has 3 aliphatic rings. The maximum atomic E-state index is 13.6. The molecule has 0 aromatic heterocycles. The molecule has 1 unspecified atom stereocenters. The summed E-state index contributed by atoms with van der Waals surface area (Å²) in [7, 11) is 9.18. The molecule has 192 valence electrons. The van der Waals surface area contributed by atoms with Crippen LogP contribution in [0.1, 0.15) is 27.0 Å². The summed E-state index contributed by atoms with van der Waals surface area (Å²) in [6.07, 6.45) is 0. The van der Waals surface area contributed by atoms with Crippen LogP contribution in [0.4, 0.5) is 0 Å². The number of amides is 3. The zero-order valence-corrected chi connectivity index (χ0v) is 22.9. The lowest BCUT2D eigenvalue weighted by molar-refractivity contribution is -0.140. The van der Waals surface area contributed by atoms with Crippen molar-refractivity contribution in [1.82, 2.24) is 15.1 Å². The third-order valence-electron chi connectivity index (χ3n) is 9.41. The number of benzene rings is 2. The highest BCUT2D eigenvalue weighted by atomic mass is 16.5.